The first kappa shape index (κ1) is 16.5. The zero-order valence-corrected chi connectivity index (χ0v) is 15.1. The second-order valence-corrected chi connectivity index (χ2v) is 6.79. The van der Waals surface area contributed by atoms with Crippen LogP contribution in [0.2, 0.25) is 0 Å². The average molecular weight is 366 g/mol. The summed E-state index contributed by atoms with van der Waals surface area (Å²) in [5.74, 6) is 1.44. The second kappa shape index (κ2) is 7.09. The van der Waals surface area contributed by atoms with Gasteiger partial charge >= 0.3 is 0 Å². The number of amides is 1. The minimum Gasteiger partial charge on any atom is -0.497 e. The lowest BCUT2D eigenvalue weighted by Crippen LogP contribution is -2.30. The number of carbonyl (C=O) groups is 1. The number of ether oxygens (including phenoxy) is 1. The van der Waals surface area contributed by atoms with E-state index < -0.39 is 0 Å². The first-order valence-electron chi connectivity index (χ1n) is 8.22. The van der Waals surface area contributed by atoms with Gasteiger partial charge in [0.1, 0.15) is 17.2 Å². The summed E-state index contributed by atoms with van der Waals surface area (Å²) in [6.07, 6.45) is 1.62. The second-order valence-electron chi connectivity index (χ2n) is 6.01. The van der Waals surface area contributed by atoms with E-state index in [4.69, 9.17) is 9.15 Å². The molecular formula is C20H18N2O3S. The molecule has 0 aliphatic carbocycles. The van der Waals surface area contributed by atoms with E-state index in [2.05, 4.69) is 10.4 Å². The summed E-state index contributed by atoms with van der Waals surface area (Å²) in [5.41, 5.74) is 2.53. The van der Waals surface area contributed by atoms with Gasteiger partial charge in [0.2, 0.25) is 0 Å². The molecule has 0 fully saturated rings. The number of aromatic amines is 1. The number of aromatic nitrogens is 1. The Morgan fingerprint density at radius 3 is 2.88 bits per heavy atom. The highest BCUT2D eigenvalue weighted by atomic mass is 32.1. The predicted octanol–water partition coefficient (Wildman–Crippen LogP) is 4.67. The summed E-state index contributed by atoms with van der Waals surface area (Å²) in [4.78, 5) is 18.1. The molecule has 0 aliphatic heterocycles. The molecule has 1 N–H and O–H groups in total. The molecule has 0 unspecified atom stereocenters. The average Bonchev–Trinajstić information content (AvgIpc) is 3.41. The third-order valence-corrected chi connectivity index (χ3v) is 4.96. The lowest BCUT2D eigenvalue weighted by molar-refractivity contribution is 0.0713. The zero-order chi connectivity index (χ0) is 17.9. The van der Waals surface area contributed by atoms with Gasteiger partial charge in [0.05, 0.1) is 19.9 Å². The molecule has 1 aromatic carbocycles. The van der Waals surface area contributed by atoms with Crippen molar-refractivity contribution in [1.29, 1.82) is 0 Å². The smallest absolute Gasteiger partial charge is 0.271 e. The molecule has 26 heavy (non-hydrogen) atoms. The van der Waals surface area contributed by atoms with Crippen molar-refractivity contribution in [3.63, 3.8) is 0 Å². The number of methoxy groups -OCH3 is 1. The summed E-state index contributed by atoms with van der Waals surface area (Å²) < 4.78 is 10.7. The van der Waals surface area contributed by atoms with E-state index >= 15 is 0 Å². The number of nitrogens with zero attached hydrogens (tertiary/aromatic N) is 1. The molecule has 4 aromatic rings. The van der Waals surface area contributed by atoms with E-state index in [1.54, 1.807) is 29.6 Å². The fraction of sp³-hybridized carbons (Fsp3) is 0.150. The molecule has 6 heteroatoms. The molecule has 0 saturated heterocycles. The predicted molar refractivity (Wildman–Crippen MR) is 101 cm³/mol. The van der Waals surface area contributed by atoms with Crippen LogP contribution in [0.15, 0.2) is 63.9 Å². The first-order valence-corrected chi connectivity index (χ1v) is 9.17. The van der Waals surface area contributed by atoms with E-state index in [-0.39, 0.29) is 5.91 Å². The Bertz CT molecular complexity index is 967. The normalized spacial score (nSPS) is 11.0. The summed E-state index contributed by atoms with van der Waals surface area (Å²) in [6.45, 7) is 0.947. The Kier molecular flexibility index (Phi) is 4.50. The highest BCUT2D eigenvalue weighted by Gasteiger charge is 2.20. The third-order valence-electron chi connectivity index (χ3n) is 4.23. The number of nitrogens with one attached hydrogen (secondary N) is 1. The van der Waals surface area contributed by atoms with Crippen molar-refractivity contribution >= 4 is 28.1 Å². The monoisotopic (exact) mass is 366 g/mol. The number of fused-ring (bicyclic) bond motifs is 1. The van der Waals surface area contributed by atoms with Crippen LogP contribution in [0.3, 0.4) is 0 Å². The third kappa shape index (κ3) is 3.36. The van der Waals surface area contributed by atoms with Crippen LogP contribution in [0.5, 0.6) is 5.75 Å². The molecule has 0 atom stereocenters. The maximum absolute atomic E-state index is 13.1. The zero-order valence-electron chi connectivity index (χ0n) is 14.3. The SMILES string of the molecule is COc1ccc2cc(C(=O)N(Cc3ccsc3)Cc3ccco3)[nH]c2c1. The molecule has 5 nitrogen and oxygen atoms in total. The molecule has 0 spiro atoms. The molecule has 0 bridgehead atoms. The van der Waals surface area contributed by atoms with Crippen molar-refractivity contribution in [3.8, 4) is 5.75 Å². The quantitative estimate of drug-likeness (QED) is 0.539. The van der Waals surface area contributed by atoms with Crippen LogP contribution in [0.25, 0.3) is 10.9 Å². The Morgan fingerprint density at radius 1 is 1.23 bits per heavy atom. The Balaban J connectivity index is 1.64. The number of hydrogen-bond donors (Lipinski definition) is 1. The van der Waals surface area contributed by atoms with Gasteiger partial charge < -0.3 is 19.0 Å². The standard InChI is InChI=1S/C20H18N2O3S/c1-24-16-5-4-15-9-19(21-18(15)10-16)20(23)22(11-14-6-8-26-13-14)12-17-3-2-7-25-17/h2-10,13,21H,11-12H2,1H3. The van der Waals surface area contributed by atoms with Crippen molar-refractivity contribution in [2.24, 2.45) is 0 Å². The molecule has 3 aromatic heterocycles. The number of rotatable bonds is 6. The van der Waals surface area contributed by atoms with Gasteiger partial charge in [-0.2, -0.15) is 11.3 Å². The van der Waals surface area contributed by atoms with Crippen LogP contribution >= 0.6 is 11.3 Å². The van der Waals surface area contributed by atoms with Gasteiger partial charge in [0.15, 0.2) is 0 Å². The minimum atomic E-state index is -0.0669. The van der Waals surface area contributed by atoms with Gasteiger partial charge in [-0.25, -0.2) is 0 Å². The number of hydrogen-bond acceptors (Lipinski definition) is 4. The van der Waals surface area contributed by atoms with Crippen LogP contribution in [0.1, 0.15) is 21.8 Å². The van der Waals surface area contributed by atoms with Crippen LogP contribution in [0.4, 0.5) is 0 Å². The van der Waals surface area contributed by atoms with Crippen LogP contribution < -0.4 is 4.74 Å². The van der Waals surface area contributed by atoms with E-state index in [0.29, 0.717) is 18.8 Å². The molecule has 0 aliphatic rings. The maximum atomic E-state index is 13.1. The Labute approximate surface area is 154 Å². The molecule has 0 radical (unpaired) electrons. The molecular weight excluding hydrogens is 348 g/mol. The maximum Gasteiger partial charge on any atom is 0.271 e. The molecule has 4 rings (SSSR count). The Morgan fingerprint density at radius 2 is 2.15 bits per heavy atom. The lowest BCUT2D eigenvalue weighted by Gasteiger charge is -2.20. The van der Waals surface area contributed by atoms with E-state index in [1.807, 2.05) is 47.8 Å². The van der Waals surface area contributed by atoms with E-state index in [0.717, 1.165) is 28.0 Å². The van der Waals surface area contributed by atoms with Crippen molar-refractivity contribution < 1.29 is 13.9 Å². The van der Waals surface area contributed by atoms with Crippen molar-refractivity contribution in [1.82, 2.24) is 9.88 Å². The molecule has 0 saturated carbocycles. The number of carbonyl (C=O) groups excluding carboxylic acids is 1. The minimum absolute atomic E-state index is 0.0669. The highest BCUT2D eigenvalue weighted by molar-refractivity contribution is 7.07. The van der Waals surface area contributed by atoms with Crippen LogP contribution in [-0.4, -0.2) is 22.9 Å². The fourth-order valence-electron chi connectivity index (χ4n) is 2.91. The van der Waals surface area contributed by atoms with Gasteiger partial charge in [-0.3, -0.25) is 4.79 Å². The summed E-state index contributed by atoms with van der Waals surface area (Å²) in [6, 6.07) is 13.3. The van der Waals surface area contributed by atoms with Gasteiger partial charge in [-0.1, -0.05) is 0 Å². The Hall–Kier alpha value is -2.99. The van der Waals surface area contributed by atoms with Gasteiger partial charge in [0.25, 0.3) is 5.91 Å². The summed E-state index contributed by atoms with van der Waals surface area (Å²) in [5, 5.41) is 5.04. The van der Waals surface area contributed by atoms with Crippen molar-refractivity contribution in [2.45, 2.75) is 13.1 Å². The van der Waals surface area contributed by atoms with E-state index in [9.17, 15) is 4.79 Å². The van der Waals surface area contributed by atoms with E-state index in [1.165, 1.54) is 0 Å². The molecule has 132 valence electrons. The van der Waals surface area contributed by atoms with Gasteiger partial charge in [0, 0.05) is 23.5 Å². The number of H-pyrrole nitrogens is 1. The van der Waals surface area contributed by atoms with Gasteiger partial charge in [-0.15, -0.1) is 0 Å². The lowest BCUT2D eigenvalue weighted by atomic mass is 10.2. The molecule has 1 amide bonds. The van der Waals surface area contributed by atoms with Crippen LogP contribution in [-0.2, 0) is 13.1 Å². The summed E-state index contributed by atoms with van der Waals surface area (Å²) in [7, 11) is 1.63. The number of furan rings is 1. The highest BCUT2D eigenvalue weighted by Crippen LogP contribution is 2.23. The fourth-order valence-corrected chi connectivity index (χ4v) is 3.57. The topological polar surface area (TPSA) is 58.5 Å². The van der Waals surface area contributed by atoms with Crippen molar-refractivity contribution in [2.75, 3.05) is 7.11 Å². The van der Waals surface area contributed by atoms with Crippen molar-refractivity contribution in [3.05, 3.63) is 76.5 Å². The number of thiophene rings is 1. The van der Waals surface area contributed by atoms with Crippen LogP contribution in [0, 0.1) is 0 Å². The van der Waals surface area contributed by atoms with Gasteiger partial charge in [-0.05, 0) is 52.7 Å². The molecule has 3 heterocycles. The largest absolute Gasteiger partial charge is 0.497 e. The summed E-state index contributed by atoms with van der Waals surface area (Å²) >= 11 is 1.62. The first-order chi connectivity index (χ1) is 12.7. The number of benzene rings is 1.